The number of allylic oxidation sites excluding steroid dienone is 2. The zero-order valence-corrected chi connectivity index (χ0v) is 19.2. The van der Waals surface area contributed by atoms with Gasteiger partial charge in [-0.2, -0.15) is 0 Å². The normalized spacial score (nSPS) is 19.0. The first-order valence-electron chi connectivity index (χ1n) is 11.4. The van der Waals surface area contributed by atoms with Gasteiger partial charge in [-0.3, -0.25) is 9.59 Å². The van der Waals surface area contributed by atoms with E-state index < -0.39 is 5.92 Å². The average Bonchev–Trinajstić information content (AvgIpc) is 2.79. The number of hydrogen-bond donors (Lipinski definition) is 1. The standard InChI is InChI=1S/C28H33NO3/c1-19(2)26(29)18-32-24-14-11-21(12-15-24)13-16-27(30)25-6-4-5-23(28(25)31)17-22-9-7-20(3)8-10-22/h7-17,19,25-26H,4-6,18,29H2,1-3H3/b16-13+,23-17+. The smallest absolute Gasteiger partial charge is 0.169 e. The number of hydrogen-bond acceptors (Lipinski definition) is 4. The number of nitrogens with two attached hydrogens (primary N) is 1. The quantitative estimate of drug-likeness (QED) is 0.449. The van der Waals surface area contributed by atoms with Gasteiger partial charge in [0.25, 0.3) is 0 Å². The highest BCUT2D eigenvalue weighted by Gasteiger charge is 2.30. The number of Topliss-reactive ketones (excluding diaryl/α,β-unsaturated/α-hetero) is 1. The highest BCUT2D eigenvalue weighted by Crippen LogP contribution is 2.28. The maximum Gasteiger partial charge on any atom is 0.169 e. The Balaban J connectivity index is 1.60. The van der Waals surface area contributed by atoms with E-state index in [4.69, 9.17) is 10.5 Å². The maximum atomic E-state index is 12.9. The zero-order valence-electron chi connectivity index (χ0n) is 19.2. The summed E-state index contributed by atoms with van der Waals surface area (Å²) >= 11 is 0. The van der Waals surface area contributed by atoms with Crippen LogP contribution in [0.3, 0.4) is 0 Å². The molecular weight excluding hydrogens is 398 g/mol. The minimum atomic E-state index is -0.586. The first-order chi connectivity index (χ1) is 15.3. The molecule has 0 amide bonds. The van der Waals surface area contributed by atoms with E-state index in [0.29, 0.717) is 18.9 Å². The molecule has 4 nitrogen and oxygen atoms in total. The Morgan fingerprint density at radius 2 is 1.75 bits per heavy atom. The monoisotopic (exact) mass is 431 g/mol. The van der Waals surface area contributed by atoms with Gasteiger partial charge in [0, 0.05) is 6.04 Å². The number of aryl methyl sites for hydroxylation is 1. The van der Waals surface area contributed by atoms with Gasteiger partial charge >= 0.3 is 0 Å². The predicted octanol–water partition coefficient (Wildman–Crippen LogP) is 5.39. The molecule has 0 spiro atoms. The van der Waals surface area contributed by atoms with Gasteiger partial charge in [0.15, 0.2) is 11.6 Å². The van der Waals surface area contributed by atoms with Crippen molar-refractivity contribution in [2.75, 3.05) is 6.61 Å². The average molecular weight is 432 g/mol. The highest BCUT2D eigenvalue weighted by atomic mass is 16.5. The van der Waals surface area contributed by atoms with Crippen LogP contribution in [0.15, 0.2) is 60.2 Å². The second-order valence-corrected chi connectivity index (χ2v) is 8.91. The molecule has 1 saturated carbocycles. The highest BCUT2D eigenvalue weighted by molar-refractivity contribution is 6.16. The largest absolute Gasteiger partial charge is 0.492 e. The molecule has 0 bridgehead atoms. The molecule has 2 atom stereocenters. The molecule has 32 heavy (non-hydrogen) atoms. The van der Waals surface area contributed by atoms with Crippen LogP contribution < -0.4 is 10.5 Å². The fraction of sp³-hybridized carbons (Fsp3) is 0.357. The minimum absolute atomic E-state index is 0.00910. The van der Waals surface area contributed by atoms with Crippen molar-refractivity contribution in [2.45, 2.75) is 46.1 Å². The molecule has 0 radical (unpaired) electrons. The minimum Gasteiger partial charge on any atom is -0.492 e. The van der Waals surface area contributed by atoms with Crippen LogP contribution in [0.1, 0.15) is 49.8 Å². The topological polar surface area (TPSA) is 69.4 Å². The van der Waals surface area contributed by atoms with E-state index in [1.54, 1.807) is 6.08 Å². The van der Waals surface area contributed by atoms with Crippen LogP contribution >= 0.6 is 0 Å². The van der Waals surface area contributed by atoms with E-state index in [1.807, 2.05) is 61.5 Å². The van der Waals surface area contributed by atoms with E-state index in [-0.39, 0.29) is 17.6 Å². The summed E-state index contributed by atoms with van der Waals surface area (Å²) in [4.78, 5) is 25.7. The van der Waals surface area contributed by atoms with Gasteiger partial charge < -0.3 is 10.5 Å². The predicted molar refractivity (Wildman–Crippen MR) is 130 cm³/mol. The molecule has 0 heterocycles. The molecular formula is C28H33NO3. The Bertz CT molecular complexity index is 984. The molecule has 4 heteroatoms. The number of carbonyl (C=O) groups excluding carboxylic acids is 2. The Morgan fingerprint density at radius 3 is 2.41 bits per heavy atom. The van der Waals surface area contributed by atoms with E-state index in [2.05, 4.69) is 13.8 Å². The molecule has 0 aliphatic heterocycles. The van der Waals surface area contributed by atoms with Crippen molar-refractivity contribution in [3.05, 3.63) is 76.9 Å². The van der Waals surface area contributed by atoms with Crippen molar-refractivity contribution in [2.24, 2.45) is 17.6 Å². The molecule has 0 saturated heterocycles. The number of rotatable bonds is 8. The Morgan fingerprint density at radius 1 is 1.09 bits per heavy atom. The molecule has 2 aromatic rings. The molecule has 3 rings (SSSR count). The molecule has 0 aromatic heterocycles. The zero-order chi connectivity index (χ0) is 23.1. The van der Waals surface area contributed by atoms with Gasteiger partial charge in [-0.15, -0.1) is 0 Å². The molecule has 1 aliphatic carbocycles. The van der Waals surface area contributed by atoms with Crippen LogP contribution in [0, 0.1) is 18.8 Å². The summed E-state index contributed by atoms with van der Waals surface area (Å²) in [6.07, 6.45) is 7.39. The molecule has 2 N–H and O–H groups in total. The van der Waals surface area contributed by atoms with Crippen molar-refractivity contribution < 1.29 is 14.3 Å². The first kappa shape index (κ1) is 23.7. The molecule has 1 aliphatic rings. The fourth-order valence-corrected chi connectivity index (χ4v) is 3.61. The van der Waals surface area contributed by atoms with E-state index in [1.165, 1.54) is 11.6 Å². The van der Waals surface area contributed by atoms with Gasteiger partial charge in [0.05, 0.1) is 5.92 Å². The van der Waals surface area contributed by atoms with Gasteiger partial charge in [0.2, 0.25) is 0 Å². The van der Waals surface area contributed by atoms with E-state index in [0.717, 1.165) is 35.3 Å². The Labute approximate surface area is 191 Å². The summed E-state index contributed by atoms with van der Waals surface area (Å²) in [6.45, 7) is 6.63. The summed E-state index contributed by atoms with van der Waals surface area (Å²) < 4.78 is 5.72. The second kappa shape index (κ2) is 11.1. The lowest BCUT2D eigenvalue weighted by Crippen LogP contribution is -2.32. The third-order valence-electron chi connectivity index (χ3n) is 5.95. The first-order valence-corrected chi connectivity index (χ1v) is 11.4. The maximum absolute atomic E-state index is 12.9. The van der Waals surface area contributed by atoms with Crippen molar-refractivity contribution in [3.8, 4) is 5.75 Å². The number of ether oxygens (including phenoxy) is 1. The van der Waals surface area contributed by atoms with Crippen LogP contribution in [0.2, 0.25) is 0 Å². The van der Waals surface area contributed by atoms with Crippen LogP contribution in [-0.4, -0.2) is 24.2 Å². The van der Waals surface area contributed by atoms with E-state index >= 15 is 0 Å². The van der Waals surface area contributed by atoms with Crippen LogP contribution in [0.25, 0.3) is 12.2 Å². The van der Waals surface area contributed by atoms with Crippen molar-refractivity contribution >= 4 is 23.7 Å². The fourth-order valence-electron chi connectivity index (χ4n) is 3.61. The van der Waals surface area contributed by atoms with E-state index in [9.17, 15) is 9.59 Å². The van der Waals surface area contributed by atoms with Gasteiger partial charge in [-0.1, -0.05) is 61.9 Å². The van der Waals surface area contributed by atoms with Gasteiger partial charge in [-0.05, 0) is 73.1 Å². The summed E-state index contributed by atoms with van der Waals surface area (Å²) in [6, 6.07) is 15.6. The Kier molecular flexibility index (Phi) is 8.18. The summed E-state index contributed by atoms with van der Waals surface area (Å²) in [5.41, 5.74) is 9.82. The van der Waals surface area contributed by atoms with Crippen LogP contribution in [0.4, 0.5) is 0 Å². The van der Waals surface area contributed by atoms with Crippen LogP contribution in [-0.2, 0) is 9.59 Å². The summed E-state index contributed by atoms with van der Waals surface area (Å²) in [5, 5.41) is 0. The van der Waals surface area contributed by atoms with Crippen LogP contribution in [0.5, 0.6) is 5.75 Å². The Hall–Kier alpha value is -2.98. The van der Waals surface area contributed by atoms with Crippen molar-refractivity contribution in [1.82, 2.24) is 0 Å². The lowest BCUT2D eigenvalue weighted by Gasteiger charge is -2.21. The molecule has 2 aromatic carbocycles. The molecule has 168 valence electrons. The number of benzene rings is 2. The van der Waals surface area contributed by atoms with Gasteiger partial charge in [-0.25, -0.2) is 0 Å². The number of carbonyl (C=O) groups is 2. The summed E-state index contributed by atoms with van der Waals surface area (Å²) in [7, 11) is 0. The van der Waals surface area contributed by atoms with Gasteiger partial charge in [0.1, 0.15) is 12.4 Å². The lowest BCUT2D eigenvalue weighted by atomic mass is 9.81. The third kappa shape index (κ3) is 6.51. The van der Waals surface area contributed by atoms with Crippen molar-refractivity contribution in [3.63, 3.8) is 0 Å². The third-order valence-corrected chi connectivity index (χ3v) is 5.95. The summed E-state index contributed by atoms with van der Waals surface area (Å²) in [5.74, 6) is 0.345. The molecule has 2 unspecified atom stereocenters. The second-order valence-electron chi connectivity index (χ2n) is 8.91. The molecule has 1 fully saturated rings. The SMILES string of the molecule is Cc1ccc(/C=C2\CCCC(C(=O)/C=C/c3ccc(OCC(N)C(C)C)cc3)C2=O)cc1. The number of ketones is 2. The van der Waals surface area contributed by atoms with Crippen molar-refractivity contribution in [1.29, 1.82) is 0 Å². The lowest BCUT2D eigenvalue weighted by molar-refractivity contribution is -0.129.